The fourth-order valence-corrected chi connectivity index (χ4v) is 4.56. The van der Waals surface area contributed by atoms with Gasteiger partial charge in [0.2, 0.25) is 5.13 Å². The Kier molecular flexibility index (Phi) is 4.15. The molecule has 0 amide bonds. The molecular formula is C19H18N4S2. The highest BCUT2D eigenvalue weighted by Crippen LogP contribution is 2.33. The summed E-state index contributed by atoms with van der Waals surface area (Å²) >= 11 is 3.33. The van der Waals surface area contributed by atoms with Crippen LogP contribution in [0.1, 0.15) is 16.1 Å². The van der Waals surface area contributed by atoms with Crippen LogP contribution in [0.15, 0.2) is 46.9 Å². The number of thiophene rings is 1. The molecule has 25 heavy (non-hydrogen) atoms. The van der Waals surface area contributed by atoms with E-state index in [9.17, 15) is 0 Å². The Morgan fingerprint density at radius 2 is 2.00 bits per heavy atom. The Morgan fingerprint density at radius 3 is 2.80 bits per heavy atom. The number of benzene rings is 1. The average molecular weight is 367 g/mol. The molecule has 0 saturated heterocycles. The smallest absolute Gasteiger partial charge is 0.204 e. The minimum absolute atomic E-state index is 0.815. The van der Waals surface area contributed by atoms with E-state index in [1.165, 1.54) is 26.4 Å². The lowest BCUT2D eigenvalue weighted by Crippen LogP contribution is -1.94. The number of thiazole rings is 1. The third-order valence-electron chi connectivity index (χ3n) is 4.35. The summed E-state index contributed by atoms with van der Waals surface area (Å²) in [5, 5.41) is 8.53. The van der Waals surface area contributed by atoms with Crippen molar-refractivity contribution in [2.45, 2.75) is 13.8 Å². The molecule has 3 aromatic heterocycles. The number of hydrazone groups is 1. The maximum absolute atomic E-state index is 4.67. The van der Waals surface area contributed by atoms with Crippen molar-refractivity contribution in [3.8, 4) is 10.6 Å². The Hall–Kier alpha value is -2.44. The molecule has 0 aliphatic heterocycles. The first-order valence-electron chi connectivity index (χ1n) is 7.99. The molecule has 0 unspecified atom stereocenters. The van der Waals surface area contributed by atoms with E-state index in [2.05, 4.69) is 76.7 Å². The van der Waals surface area contributed by atoms with Gasteiger partial charge in [0, 0.05) is 34.1 Å². The third-order valence-corrected chi connectivity index (χ3v) is 6.11. The van der Waals surface area contributed by atoms with Gasteiger partial charge in [0.15, 0.2) is 0 Å². The topological polar surface area (TPSA) is 42.2 Å². The van der Waals surface area contributed by atoms with E-state index >= 15 is 0 Å². The summed E-state index contributed by atoms with van der Waals surface area (Å²) in [6.45, 7) is 4.21. The lowest BCUT2D eigenvalue weighted by atomic mass is 10.1. The van der Waals surface area contributed by atoms with Gasteiger partial charge in [0.25, 0.3) is 0 Å². The summed E-state index contributed by atoms with van der Waals surface area (Å²) in [4.78, 5) is 7.06. The zero-order valence-electron chi connectivity index (χ0n) is 14.3. The van der Waals surface area contributed by atoms with Crippen LogP contribution in [0.4, 0.5) is 5.13 Å². The fraction of sp³-hybridized carbons (Fsp3) is 0.158. The molecule has 0 saturated carbocycles. The zero-order chi connectivity index (χ0) is 17.4. The van der Waals surface area contributed by atoms with E-state index < -0.39 is 0 Å². The van der Waals surface area contributed by atoms with E-state index in [1.807, 2.05) is 12.3 Å². The molecule has 0 fully saturated rings. The molecule has 6 heteroatoms. The molecule has 0 bridgehead atoms. The molecule has 0 radical (unpaired) electrons. The van der Waals surface area contributed by atoms with Crippen LogP contribution in [-0.2, 0) is 7.05 Å². The second-order valence-corrected chi connectivity index (χ2v) is 8.00. The van der Waals surface area contributed by atoms with Gasteiger partial charge >= 0.3 is 0 Å². The molecule has 4 aromatic rings. The number of hydrogen-bond donors (Lipinski definition) is 1. The van der Waals surface area contributed by atoms with Crippen molar-refractivity contribution in [1.29, 1.82) is 0 Å². The molecule has 0 atom stereocenters. The number of aromatic nitrogens is 2. The second-order valence-electron chi connectivity index (χ2n) is 5.85. The van der Waals surface area contributed by atoms with Crippen LogP contribution in [0, 0.1) is 13.8 Å². The normalized spacial score (nSPS) is 11.6. The van der Waals surface area contributed by atoms with Gasteiger partial charge in [-0.15, -0.1) is 22.7 Å². The standard InChI is InChI=1S/C19H18N4S2/c1-12-15(14-7-4-5-8-16(14)23(12)3)11-20-22-19-21-18(13(2)25-19)17-9-6-10-24-17/h4-11H,1-3H3,(H,21,22)/b20-11-. The van der Waals surface area contributed by atoms with Crippen molar-refractivity contribution >= 4 is 44.9 Å². The summed E-state index contributed by atoms with van der Waals surface area (Å²) in [6, 6.07) is 12.5. The lowest BCUT2D eigenvalue weighted by molar-refractivity contribution is 0.916. The highest BCUT2D eigenvalue weighted by atomic mass is 32.1. The maximum Gasteiger partial charge on any atom is 0.204 e. The SMILES string of the molecule is Cc1sc(N/N=C\c2c(C)n(C)c3ccccc23)nc1-c1cccs1. The highest BCUT2D eigenvalue weighted by Gasteiger charge is 2.11. The number of aryl methyl sites for hydroxylation is 2. The van der Waals surface area contributed by atoms with Gasteiger partial charge in [0.1, 0.15) is 0 Å². The van der Waals surface area contributed by atoms with Crippen LogP contribution in [-0.4, -0.2) is 15.8 Å². The van der Waals surface area contributed by atoms with Crippen molar-refractivity contribution in [1.82, 2.24) is 9.55 Å². The van der Waals surface area contributed by atoms with Crippen LogP contribution in [0.5, 0.6) is 0 Å². The third kappa shape index (κ3) is 2.88. The van der Waals surface area contributed by atoms with Gasteiger partial charge in [-0.1, -0.05) is 24.3 Å². The number of rotatable bonds is 4. The molecule has 0 aliphatic carbocycles. The number of hydrogen-bond acceptors (Lipinski definition) is 5. The Morgan fingerprint density at radius 1 is 1.16 bits per heavy atom. The van der Waals surface area contributed by atoms with Gasteiger partial charge in [0.05, 0.1) is 16.8 Å². The van der Waals surface area contributed by atoms with Crippen LogP contribution < -0.4 is 5.43 Å². The number of para-hydroxylation sites is 1. The van der Waals surface area contributed by atoms with E-state index in [0.717, 1.165) is 16.4 Å². The summed E-state index contributed by atoms with van der Waals surface area (Å²) in [6.07, 6.45) is 1.89. The Bertz CT molecular complexity index is 1050. The van der Waals surface area contributed by atoms with Gasteiger partial charge in [-0.2, -0.15) is 5.10 Å². The first-order chi connectivity index (χ1) is 12.1. The van der Waals surface area contributed by atoms with Crippen molar-refractivity contribution in [2.24, 2.45) is 12.1 Å². The maximum atomic E-state index is 4.67. The predicted octanol–water partition coefficient (Wildman–Crippen LogP) is 5.43. The van der Waals surface area contributed by atoms with Crippen LogP contribution in [0.3, 0.4) is 0 Å². The Balaban J connectivity index is 1.60. The first-order valence-corrected chi connectivity index (χ1v) is 9.69. The summed E-state index contributed by atoms with van der Waals surface area (Å²) in [7, 11) is 2.08. The van der Waals surface area contributed by atoms with Gasteiger partial charge in [-0.25, -0.2) is 4.98 Å². The molecule has 0 aliphatic rings. The van der Waals surface area contributed by atoms with Gasteiger partial charge in [-0.05, 0) is 31.4 Å². The Labute approximate surface area is 154 Å². The minimum atomic E-state index is 0.815. The van der Waals surface area contributed by atoms with Crippen LogP contribution in [0.2, 0.25) is 0 Å². The van der Waals surface area contributed by atoms with E-state index in [-0.39, 0.29) is 0 Å². The first kappa shape index (κ1) is 16.1. The van der Waals surface area contributed by atoms with E-state index in [4.69, 9.17) is 0 Å². The number of nitrogens with zero attached hydrogens (tertiary/aromatic N) is 3. The quantitative estimate of drug-likeness (QED) is 0.387. The molecule has 4 nitrogen and oxygen atoms in total. The zero-order valence-corrected chi connectivity index (χ0v) is 15.9. The molecule has 0 spiro atoms. The minimum Gasteiger partial charge on any atom is -0.347 e. The highest BCUT2D eigenvalue weighted by molar-refractivity contribution is 7.17. The predicted molar refractivity (Wildman–Crippen MR) is 109 cm³/mol. The van der Waals surface area contributed by atoms with Crippen LogP contribution >= 0.6 is 22.7 Å². The molecule has 1 aromatic carbocycles. The second kappa shape index (κ2) is 6.46. The lowest BCUT2D eigenvalue weighted by Gasteiger charge is -1.97. The molecule has 3 heterocycles. The average Bonchev–Trinajstić information content (AvgIpc) is 3.31. The van der Waals surface area contributed by atoms with Crippen molar-refractivity contribution in [3.63, 3.8) is 0 Å². The fourth-order valence-electron chi connectivity index (χ4n) is 2.95. The van der Waals surface area contributed by atoms with Gasteiger partial charge < -0.3 is 4.57 Å². The number of nitrogens with one attached hydrogen (secondary N) is 1. The van der Waals surface area contributed by atoms with Gasteiger partial charge in [-0.3, -0.25) is 5.43 Å². The van der Waals surface area contributed by atoms with Crippen molar-refractivity contribution in [2.75, 3.05) is 5.43 Å². The molecule has 126 valence electrons. The molecule has 1 N–H and O–H groups in total. The largest absolute Gasteiger partial charge is 0.347 e. The monoisotopic (exact) mass is 366 g/mol. The van der Waals surface area contributed by atoms with E-state index in [1.54, 1.807) is 22.7 Å². The van der Waals surface area contributed by atoms with Crippen molar-refractivity contribution < 1.29 is 0 Å². The number of anilines is 1. The molecule has 4 rings (SSSR count). The summed E-state index contributed by atoms with van der Waals surface area (Å²) in [5.41, 5.74) is 7.68. The molecular weight excluding hydrogens is 348 g/mol. The summed E-state index contributed by atoms with van der Waals surface area (Å²) in [5.74, 6) is 0. The van der Waals surface area contributed by atoms with Crippen LogP contribution in [0.25, 0.3) is 21.5 Å². The van der Waals surface area contributed by atoms with Crippen molar-refractivity contribution in [3.05, 3.63) is 57.9 Å². The summed E-state index contributed by atoms with van der Waals surface area (Å²) < 4.78 is 2.19. The number of fused-ring (bicyclic) bond motifs is 1. The van der Waals surface area contributed by atoms with E-state index in [0.29, 0.717) is 0 Å².